The fourth-order valence-electron chi connectivity index (χ4n) is 6.00. The normalized spacial score (nSPS) is 30.9. The second-order valence-corrected chi connectivity index (χ2v) is 9.26. The van der Waals surface area contributed by atoms with Crippen LogP contribution >= 0.6 is 0 Å². The molecule has 1 unspecified atom stereocenters. The summed E-state index contributed by atoms with van der Waals surface area (Å²) in [4.78, 5) is 14.4. The van der Waals surface area contributed by atoms with Gasteiger partial charge in [0, 0.05) is 18.9 Å². The number of benzene rings is 1. The molecular formula is C23H34N2O. The van der Waals surface area contributed by atoms with E-state index in [-0.39, 0.29) is 17.4 Å². The maximum Gasteiger partial charge on any atom is 0.217 e. The average Bonchev–Trinajstić information content (AvgIpc) is 2.91. The summed E-state index contributed by atoms with van der Waals surface area (Å²) in [5, 5.41) is 3.20. The molecule has 142 valence electrons. The van der Waals surface area contributed by atoms with Crippen molar-refractivity contribution in [2.45, 2.75) is 70.3 Å². The molecule has 0 radical (unpaired) electrons. The summed E-state index contributed by atoms with van der Waals surface area (Å²) in [7, 11) is 0. The number of nitrogens with one attached hydrogen (secondary N) is 1. The Kier molecular flexibility index (Phi) is 5.09. The van der Waals surface area contributed by atoms with Crippen LogP contribution in [0.25, 0.3) is 0 Å². The number of hydrogen-bond acceptors (Lipinski definition) is 2. The van der Waals surface area contributed by atoms with E-state index in [1.54, 1.807) is 6.92 Å². The van der Waals surface area contributed by atoms with Gasteiger partial charge in [0.25, 0.3) is 0 Å². The molecule has 1 saturated heterocycles. The first-order valence-electron chi connectivity index (χ1n) is 10.6. The third-order valence-electron chi connectivity index (χ3n) is 7.25. The van der Waals surface area contributed by atoms with Crippen LogP contribution in [0, 0.1) is 11.8 Å². The van der Waals surface area contributed by atoms with Crippen molar-refractivity contribution in [2.24, 2.45) is 11.8 Å². The Morgan fingerprint density at radius 2 is 2.00 bits per heavy atom. The number of nitrogens with zero attached hydrogens (tertiary/aromatic N) is 1. The zero-order valence-electron chi connectivity index (χ0n) is 16.5. The van der Waals surface area contributed by atoms with Gasteiger partial charge in [0.05, 0.1) is 6.04 Å². The number of rotatable bonds is 3. The molecule has 3 heteroatoms. The first-order valence-corrected chi connectivity index (χ1v) is 10.6. The molecule has 3 atom stereocenters. The standard InChI is InChI=1S/C23H34N2O/c1-17-6-5-7-19(14-17)16-25-12-10-23(11-13-25)15-22(24-18(2)26)20-8-3-4-9-21(20)23/h3-4,8-9,17,19,22H,5-7,10-16H2,1-2H3,(H,24,26)/t17-,19-,22?/m1/s1. The van der Waals surface area contributed by atoms with Crippen LogP contribution < -0.4 is 5.32 Å². The zero-order chi connectivity index (χ0) is 18.1. The van der Waals surface area contributed by atoms with Gasteiger partial charge in [-0.2, -0.15) is 0 Å². The molecule has 0 bridgehead atoms. The smallest absolute Gasteiger partial charge is 0.217 e. The Morgan fingerprint density at radius 3 is 2.73 bits per heavy atom. The van der Waals surface area contributed by atoms with Gasteiger partial charge in [-0.1, -0.05) is 44.0 Å². The van der Waals surface area contributed by atoms with Crippen LogP contribution in [0.15, 0.2) is 24.3 Å². The largest absolute Gasteiger partial charge is 0.349 e. The van der Waals surface area contributed by atoms with Gasteiger partial charge in [-0.3, -0.25) is 4.79 Å². The summed E-state index contributed by atoms with van der Waals surface area (Å²) < 4.78 is 0. The van der Waals surface area contributed by atoms with Gasteiger partial charge < -0.3 is 10.2 Å². The van der Waals surface area contributed by atoms with E-state index in [9.17, 15) is 4.79 Å². The average molecular weight is 355 g/mol. The number of carbonyl (C=O) groups excluding carboxylic acids is 1. The zero-order valence-corrected chi connectivity index (χ0v) is 16.5. The number of amides is 1. The molecular weight excluding hydrogens is 320 g/mol. The molecule has 2 aliphatic carbocycles. The molecule has 1 aromatic carbocycles. The summed E-state index contributed by atoms with van der Waals surface area (Å²) in [6.45, 7) is 7.80. The van der Waals surface area contributed by atoms with Gasteiger partial charge in [0.2, 0.25) is 5.91 Å². The highest BCUT2D eigenvalue weighted by Gasteiger charge is 2.45. The number of likely N-dealkylation sites (tertiary alicyclic amines) is 1. The minimum absolute atomic E-state index is 0.0886. The van der Waals surface area contributed by atoms with Gasteiger partial charge in [-0.25, -0.2) is 0 Å². The number of fused-ring (bicyclic) bond motifs is 2. The first kappa shape index (κ1) is 18.0. The van der Waals surface area contributed by atoms with Crippen LogP contribution in [-0.2, 0) is 10.2 Å². The Balaban J connectivity index is 1.42. The molecule has 1 heterocycles. The molecule has 1 amide bonds. The highest BCUT2D eigenvalue weighted by atomic mass is 16.1. The van der Waals surface area contributed by atoms with E-state index < -0.39 is 0 Å². The van der Waals surface area contributed by atoms with Crippen molar-refractivity contribution in [1.29, 1.82) is 0 Å². The lowest BCUT2D eigenvalue weighted by atomic mass is 9.73. The number of carbonyl (C=O) groups is 1. The van der Waals surface area contributed by atoms with Crippen LogP contribution in [0.1, 0.15) is 76.0 Å². The van der Waals surface area contributed by atoms with E-state index in [0.717, 1.165) is 18.3 Å². The molecule has 1 aliphatic heterocycles. The Labute approximate surface area is 158 Å². The number of hydrogen-bond donors (Lipinski definition) is 1. The van der Waals surface area contributed by atoms with Crippen LogP contribution in [-0.4, -0.2) is 30.4 Å². The Morgan fingerprint density at radius 1 is 1.23 bits per heavy atom. The molecule has 1 spiro atoms. The van der Waals surface area contributed by atoms with Crippen molar-refractivity contribution < 1.29 is 4.79 Å². The van der Waals surface area contributed by atoms with Crippen molar-refractivity contribution in [3.8, 4) is 0 Å². The summed E-state index contributed by atoms with van der Waals surface area (Å²) in [6.07, 6.45) is 9.27. The van der Waals surface area contributed by atoms with Crippen LogP contribution in [0.4, 0.5) is 0 Å². The molecule has 2 fully saturated rings. The van der Waals surface area contributed by atoms with E-state index in [2.05, 4.69) is 41.4 Å². The lowest BCUT2D eigenvalue weighted by Crippen LogP contribution is -2.44. The van der Waals surface area contributed by atoms with E-state index in [1.807, 2.05) is 0 Å². The van der Waals surface area contributed by atoms with E-state index >= 15 is 0 Å². The Bertz CT molecular complexity index is 647. The van der Waals surface area contributed by atoms with Gasteiger partial charge in [-0.05, 0) is 68.2 Å². The molecule has 1 N–H and O–H groups in total. The molecule has 3 aliphatic rings. The third kappa shape index (κ3) is 3.55. The molecule has 3 nitrogen and oxygen atoms in total. The lowest BCUT2D eigenvalue weighted by Gasteiger charge is -2.42. The number of piperidine rings is 1. The van der Waals surface area contributed by atoms with Crippen molar-refractivity contribution in [3.63, 3.8) is 0 Å². The van der Waals surface area contributed by atoms with Gasteiger partial charge in [-0.15, -0.1) is 0 Å². The summed E-state index contributed by atoms with van der Waals surface area (Å²) in [5.41, 5.74) is 3.14. The lowest BCUT2D eigenvalue weighted by molar-refractivity contribution is -0.119. The minimum atomic E-state index is 0.0886. The predicted octanol–water partition coefficient (Wildman–Crippen LogP) is 4.43. The SMILES string of the molecule is CC(=O)NC1CC2(CCN(C[C@@H]3CCC[C@@H](C)C3)CC2)c2ccccc21. The summed E-state index contributed by atoms with van der Waals surface area (Å²) >= 11 is 0. The van der Waals surface area contributed by atoms with E-state index in [4.69, 9.17) is 0 Å². The molecule has 0 aromatic heterocycles. The summed E-state index contributed by atoms with van der Waals surface area (Å²) in [5.74, 6) is 1.92. The maximum atomic E-state index is 11.7. The molecule has 1 saturated carbocycles. The van der Waals surface area contributed by atoms with Crippen LogP contribution in [0.3, 0.4) is 0 Å². The maximum absolute atomic E-state index is 11.7. The molecule has 1 aromatic rings. The second kappa shape index (κ2) is 7.34. The quantitative estimate of drug-likeness (QED) is 0.871. The fourth-order valence-corrected chi connectivity index (χ4v) is 6.00. The predicted molar refractivity (Wildman–Crippen MR) is 106 cm³/mol. The van der Waals surface area contributed by atoms with Gasteiger partial charge in [0.15, 0.2) is 0 Å². The van der Waals surface area contributed by atoms with E-state index in [0.29, 0.717) is 0 Å². The van der Waals surface area contributed by atoms with Crippen molar-refractivity contribution in [2.75, 3.05) is 19.6 Å². The van der Waals surface area contributed by atoms with Gasteiger partial charge >= 0.3 is 0 Å². The fraction of sp³-hybridized carbons (Fsp3) is 0.696. The van der Waals surface area contributed by atoms with Crippen molar-refractivity contribution in [1.82, 2.24) is 10.2 Å². The van der Waals surface area contributed by atoms with Crippen molar-refractivity contribution in [3.05, 3.63) is 35.4 Å². The van der Waals surface area contributed by atoms with Gasteiger partial charge in [0.1, 0.15) is 0 Å². The van der Waals surface area contributed by atoms with Crippen LogP contribution in [0.2, 0.25) is 0 Å². The minimum Gasteiger partial charge on any atom is -0.349 e. The van der Waals surface area contributed by atoms with E-state index in [1.165, 1.54) is 69.3 Å². The molecule has 26 heavy (non-hydrogen) atoms. The first-order chi connectivity index (χ1) is 12.6. The third-order valence-corrected chi connectivity index (χ3v) is 7.25. The highest BCUT2D eigenvalue weighted by molar-refractivity contribution is 5.73. The monoisotopic (exact) mass is 354 g/mol. The second-order valence-electron chi connectivity index (χ2n) is 9.26. The molecule has 4 rings (SSSR count). The highest BCUT2D eigenvalue weighted by Crippen LogP contribution is 2.50. The van der Waals surface area contributed by atoms with Crippen molar-refractivity contribution >= 4 is 5.91 Å². The summed E-state index contributed by atoms with van der Waals surface area (Å²) in [6, 6.07) is 9.03. The van der Waals surface area contributed by atoms with Crippen LogP contribution in [0.5, 0.6) is 0 Å². The Hall–Kier alpha value is -1.35. The topological polar surface area (TPSA) is 32.3 Å².